The lowest BCUT2D eigenvalue weighted by Crippen LogP contribution is -2.34. The second kappa shape index (κ2) is 8.97. The minimum absolute atomic E-state index is 0.518. The zero-order valence-electron chi connectivity index (χ0n) is 11.3. The third-order valence-corrected chi connectivity index (χ3v) is 4.67. The fraction of sp³-hybridized carbons (Fsp3) is 0.571. The van der Waals surface area contributed by atoms with Gasteiger partial charge < -0.3 is 10.1 Å². The molecular formula is C14H22BrNOS. The van der Waals surface area contributed by atoms with Crippen molar-refractivity contribution in [3.63, 3.8) is 0 Å². The summed E-state index contributed by atoms with van der Waals surface area (Å²) in [5.41, 5.74) is 0. The van der Waals surface area contributed by atoms with Gasteiger partial charge in [0.25, 0.3) is 0 Å². The SMILES string of the molecule is CNC(CSc1cccc(Br)c1)C(C)CCOC. The predicted molar refractivity (Wildman–Crippen MR) is 83.4 cm³/mol. The summed E-state index contributed by atoms with van der Waals surface area (Å²) in [6.07, 6.45) is 1.10. The van der Waals surface area contributed by atoms with E-state index in [4.69, 9.17) is 4.74 Å². The van der Waals surface area contributed by atoms with Gasteiger partial charge in [-0.3, -0.25) is 0 Å². The van der Waals surface area contributed by atoms with Gasteiger partial charge in [-0.2, -0.15) is 0 Å². The zero-order chi connectivity index (χ0) is 13.4. The van der Waals surface area contributed by atoms with Crippen molar-refractivity contribution in [2.24, 2.45) is 5.92 Å². The van der Waals surface area contributed by atoms with Crippen LogP contribution in [0.25, 0.3) is 0 Å². The highest BCUT2D eigenvalue weighted by molar-refractivity contribution is 9.10. The molecule has 102 valence electrons. The van der Waals surface area contributed by atoms with E-state index in [1.54, 1.807) is 7.11 Å². The van der Waals surface area contributed by atoms with Crippen molar-refractivity contribution >= 4 is 27.7 Å². The maximum absolute atomic E-state index is 5.14. The lowest BCUT2D eigenvalue weighted by Gasteiger charge is -2.23. The maximum Gasteiger partial charge on any atom is 0.0465 e. The second-order valence-corrected chi connectivity index (χ2v) is 6.43. The van der Waals surface area contributed by atoms with Gasteiger partial charge in [0.05, 0.1) is 0 Å². The molecule has 1 aromatic rings. The fourth-order valence-corrected chi connectivity index (χ4v) is 3.58. The van der Waals surface area contributed by atoms with Crippen molar-refractivity contribution in [3.8, 4) is 0 Å². The highest BCUT2D eigenvalue weighted by Crippen LogP contribution is 2.24. The molecule has 0 amide bonds. The van der Waals surface area contributed by atoms with Crippen molar-refractivity contribution in [2.75, 3.05) is 26.5 Å². The average molecular weight is 332 g/mol. The minimum atomic E-state index is 0.518. The predicted octanol–water partition coefficient (Wildman–Crippen LogP) is 3.80. The Morgan fingerprint density at radius 1 is 1.44 bits per heavy atom. The van der Waals surface area contributed by atoms with Crippen molar-refractivity contribution in [3.05, 3.63) is 28.7 Å². The third kappa shape index (κ3) is 5.74. The summed E-state index contributed by atoms with van der Waals surface area (Å²) >= 11 is 5.40. The van der Waals surface area contributed by atoms with Crippen LogP contribution in [0, 0.1) is 5.92 Å². The molecule has 0 aromatic heterocycles. The molecule has 0 heterocycles. The summed E-state index contributed by atoms with van der Waals surface area (Å²) in [7, 11) is 3.80. The molecule has 0 bridgehead atoms. The normalized spacial score (nSPS) is 14.4. The number of hydrogen-bond acceptors (Lipinski definition) is 3. The van der Waals surface area contributed by atoms with Crippen molar-refractivity contribution in [1.82, 2.24) is 5.32 Å². The van der Waals surface area contributed by atoms with Crippen LogP contribution in [-0.2, 0) is 4.74 Å². The molecule has 0 saturated carbocycles. The van der Waals surface area contributed by atoms with Crippen LogP contribution in [0.2, 0.25) is 0 Å². The molecule has 0 spiro atoms. The summed E-state index contributed by atoms with van der Waals surface area (Å²) in [6, 6.07) is 8.97. The summed E-state index contributed by atoms with van der Waals surface area (Å²) in [6.45, 7) is 3.11. The van der Waals surface area contributed by atoms with Gasteiger partial charge in [0, 0.05) is 34.9 Å². The van der Waals surface area contributed by atoms with Crippen molar-refractivity contribution in [2.45, 2.75) is 24.3 Å². The average Bonchev–Trinajstić information content (AvgIpc) is 2.37. The lowest BCUT2D eigenvalue weighted by atomic mass is 10.0. The standard InChI is InChI=1S/C14H22BrNOS/c1-11(7-8-17-3)14(16-2)10-18-13-6-4-5-12(15)9-13/h4-6,9,11,14,16H,7-8,10H2,1-3H3. The number of rotatable bonds is 8. The molecular weight excluding hydrogens is 310 g/mol. The highest BCUT2D eigenvalue weighted by atomic mass is 79.9. The minimum Gasteiger partial charge on any atom is -0.385 e. The Balaban J connectivity index is 2.43. The molecule has 2 nitrogen and oxygen atoms in total. The highest BCUT2D eigenvalue weighted by Gasteiger charge is 2.15. The number of halogens is 1. The van der Waals surface area contributed by atoms with Gasteiger partial charge in [-0.25, -0.2) is 0 Å². The molecule has 1 N–H and O–H groups in total. The molecule has 4 heteroatoms. The smallest absolute Gasteiger partial charge is 0.0465 e. The molecule has 0 radical (unpaired) electrons. The van der Waals surface area contributed by atoms with E-state index in [0.29, 0.717) is 12.0 Å². The van der Waals surface area contributed by atoms with E-state index in [-0.39, 0.29) is 0 Å². The first-order valence-corrected chi connectivity index (χ1v) is 7.99. The van der Waals surface area contributed by atoms with Crippen molar-refractivity contribution < 1.29 is 4.74 Å². The van der Waals surface area contributed by atoms with Gasteiger partial charge in [-0.15, -0.1) is 11.8 Å². The molecule has 1 rings (SSSR count). The molecule has 0 aliphatic heterocycles. The number of hydrogen-bond donors (Lipinski definition) is 1. The summed E-state index contributed by atoms with van der Waals surface area (Å²) < 4.78 is 6.28. The van der Waals surface area contributed by atoms with Crippen LogP contribution in [0.1, 0.15) is 13.3 Å². The summed E-state index contributed by atoms with van der Waals surface area (Å²) in [4.78, 5) is 1.31. The van der Waals surface area contributed by atoms with Crippen LogP contribution in [0.3, 0.4) is 0 Å². The Labute approximate surface area is 123 Å². The van der Waals surface area contributed by atoms with Gasteiger partial charge in [0.1, 0.15) is 0 Å². The fourth-order valence-electron chi connectivity index (χ4n) is 1.78. The second-order valence-electron chi connectivity index (χ2n) is 4.42. The summed E-state index contributed by atoms with van der Waals surface area (Å²) in [5, 5.41) is 3.41. The van der Waals surface area contributed by atoms with E-state index in [1.807, 2.05) is 18.8 Å². The van der Waals surface area contributed by atoms with E-state index >= 15 is 0 Å². The monoisotopic (exact) mass is 331 g/mol. The van der Waals surface area contributed by atoms with E-state index in [2.05, 4.69) is 52.4 Å². The Morgan fingerprint density at radius 2 is 2.22 bits per heavy atom. The van der Waals surface area contributed by atoms with Gasteiger partial charge >= 0.3 is 0 Å². The lowest BCUT2D eigenvalue weighted by molar-refractivity contribution is 0.173. The molecule has 0 fully saturated rings. The number of methoxy groups -OCH3 is 1. The quantitative estimate of drug-likeness (QED) is 0.732. The van der Waals surface area contributed by atoms with E-state index in [0.717, 1.165) is 23.3 Å². The van der Waals surface area contributed by atoms with E-state index < -0.39 is 0 Å². The first-order valence-electron chi connectivity index (χ1n) is 6.22. The number of benzene rings is 1. The first kappa shape index (κ1) is 16.0. The molecule has 18 heavy (non-hydrogen) atoms. The molecule has 2 unspecified atom stereocenters. The van der Waals surface area contributed by atoms with Crippen molar-refractivity contribution in [1.29, 1.82) is 0 Å². The van der Waals surface area contributed by atoms with Crippen LogP contribution in [0.4, 0.5) is 0 Å². The van der Waals surface area contributed by atoms with Gasteiger partial charge in [0.15, 0.2) is 0 Å². The van der Waals surface area contributed by atoms with Crippen LogP contribution in [0.15, 0.2) is 33.6 Å². The Bertz CT molecular complexity index is 348. The topological polar surface area (TPSA) is 21.3 Å². The van der Waals surface area contributed by atoms with E-state index in [1.165, 1.54) is 4.90 Å². The van der Waals surface area contributed by atoms with Crippen LogP contribution in [-0.4, -0.2) is 32.6 Å². The van der Waals surface area contributed by atoms with Gasteiger partial charge in [-0.1, -0.05) is 28.9 Å². The Morgan fingerprint density at radius 3 is 2.83 bits per heavy atom. The molecule has 0 aliphatic carbocycles. The number of nitrogens with one attached hydrogen (secondary N) is 1. The molecule has 2 atom stereocenters. The molecule has 1 aromatic carbocycles. The maximum atomic E-state index is 5.14. The first-order chi connectivity index (χ1) is 8.67. The number of thioether (sulfide) groups is 1. The Kier molecular flexibility index (Phi) is 7.98. The molecule has 0 saturated heterocycles. The zero-order valence-corrected chi connectivity index (χ0v) is 13.7. The third-order valence-electron chi connectivity index (χ3n) is 3.06. The van der Waals surface area contributed by atoms with Gasteiger partial charge in [0.2, 0.25) is 0 Å². The molecule has 0 aliphatic rings. The van der Waals surface area contributed by atoms with Crippen LogP contribution < -0.4 is 5.32 Å². The van der Waals surface area contributed by atoms with Gasteiger partial charge in [-0.05, 0) is 37.6 Å². The summed E-state index contributed by atoms with van der Waals surface area (Å²) in [5.74, 6) is 1.70. The van der Waals surface area contributed by atoms with E-state index in [9.17, 15) is 0 Å². The van der Waals surface area contributed by atoms with Crippen LogP contribution >= 0.6 is 27.7 Å². The number of ether oxygens (including phenoxy) is 1. The largest absolute Gasteiger partial charge is 0.385 e. The Hall–Kier alpha value is -0.0300. The van der Waals surface area contributed by atoms with Crippen LogP contribution in [0.5, 0.6) is 0 Å².